The van der Waals surface area contributed by atoms with Crippen LogP contribution in [0.2, 0.25) is 5.02 Å². The summed E-state index contributed by atoms with van der Waals surface area (Å²) in [7, 11) is 0. The number of hydrogen-bond donors (Lipinski definition) is 0. The zero-order valence-electron chi connectivity index (χ0n) is 10.1. The van der Waals surface area contributed by atoms with Crippen LogP contribution in [-0.2, 0) is 4.79 Å². The highest BCUT2D eigenvalue weighted by Crippen LogP contribution is 2.28. The molecule has 0 bridgehead atoms. The number of amides is 3. The molecule has 20 heavy (non-hydrogen) atoms. The molecule has 6 heteroatoms. The second-order valence-electron chi connectivity index (χ2n) is 4.31. The van der Waals surface area contributed by atoms with Gasteiger partial charge in [-0.05, 0) is 24.3 Å². The van der Waals surface area contributed by atoms with Crippen molar-refractivity contribution < 1.29 is 14.0 Å². The number of urea groups is 1. The van der Waals surface area contributed by atoms with Crippen molar-refractivity contribution in [3.05, 3.63) is 53.3 Å². The molecule has 0 saturated carbocycles. The minimum Gasteiger partial charge on any atom is -0.273 e. The summed E-state index contributed by atoms with van der Waals surface area (Å²) in [6, 6.07) is 2.95. The molecule has 1 aromatic rings. The largest absolute Gasteiger partial charge is 0.355 e. The number of nitrogens with zero attached hydrogens (tertiary/aromatic N) is 2. The quantitative estimate of drug-likeness (QED) is 0.798. The normalized spacial score (nSPS) is 21.0. The predicted octanol–water partition coefficient (Wildman–Crippen LogP) is 3.13. The van der Waals surface area contributed by atoms with Crippen molar-refractivity contribution in [1.29, 1.82) is 0 Å². The average Bonchev–Trinajstić information content (AvgIpc) is 2.43. The van der Waals surface area contributed by atoms with E-state index in [9.17, 15) is 14.0 Å². The van der Waals surface area contributed by atoms with Crippen LogP contribution >= 0.6 is 11.6 Å². The van der Waals surface area contributed by atoms with Crippen LogP contribution in [0.15, 0.2) is 47.5 Å². The fourth-order valence-corrected chi connectivity index (χ4v) is 2.28. The van der Waals surface area contributed by atoms with Gasteiger partial charge in [0.25, 0.3) is 0 Å². The van der Waals surface area contributed by atoms with Crippen LogP contribution in [0.3, 0.4) is 0 Å². The van der Waals surface area contributed by atoms with Gasteiger partial charge < -0.3 is 0 Å². The van der Waals surface area contributed by atoms with E-state index < -0.39 is 23.7 Å². The van der Waals surface area contributed by atoms with Gasteiger partial charge in [0, 0.05) is 0 Å². The first-order chi connectivity index (χ1) is 9.58. The molecule has 1 unspecified atom stereocenters. The Balaban J connectivity index is 2.06. The van der Waals surface area contributed by atoms with E-state index in [0.717, 1.165) is 11.0 Å². The Kier molecular flexibility index (Phi) is 2.99. The third kappa shape index (κ3) is 1.96. The second-order valence-corrected chi connectivity index (χ2v) is 4.72. The van der Waals surface area contributed by atoms with Gasteiger partial charge in [-0.3, -0.25) is 4.79 Å². The molecule has 1 aromatic carbocycles. The maximum atomic E-state index is 13.2. The van der Waals surface area contributed by atoms with Gasteiger partial charge in [0.2, 0.25) is 5.91 Å². The first-order valence-corrected chi connectivity index (χ1v) is 6.22. The van der Waals surface area contributed by atoms with Crippen LogP contribution in [-0.4, -0.2) is 17.6 Å². The maximum Gasteiger partial charge on any atom is 0.355 e. The lowest BCUT2D eigenvalue weighted by atomic mass is 9.95. The van der Waals surface area contributed by atoms with E-state index in [0.29, 0.717) is 5.71 Å². The zero-order valence-corrected chi connectivity index (χ0v) is 10.8. The molecule has 0 radical (unpaired) electrons. The Morgan fingerprint density at radius 2 is 2.05 bits per heavy atom. The van der Waals surface area contributed by atoms with Crippen LogP contribution in [0.25, 0.3) is 0 Å². The van der Waals surface area contributed by atoms with Crippen LogP contribution in [0.5, 0.6) is 0 Å². The van der Waals surface area contributed by atoms with Crippen molar-refractivity contribution in [2.45, 2.75) is 0 Å². The number of carbonyl (C=O) groups is 2. The molecule has 0 saturated heterocycles. The third-order valence-corrected chi connectivity index (χ3v) is 3.35. The number of halogens is 2. The zero-order chi connectivity index (χ0) is 14.3. The summed E-state index contributed by atoms with van der Waals surface area (Å²) in [6.45, 7) is 0. The SMILES string of the molecule is O=C1N=C2C=CC=CC2C(=O)N1c1ccc(F)c(Cl)c1. The van der Waals surface area contributed by atoms with Crippen molar-refractivity contribution in [3.8, 4) is 0 Å². The molecule has 1 heterocycles. The van der Waals surface area contributed by atoms with E-state index in [1.165, 1.54) is 12.1 Å². The smallest absolute Gasteiger partial charge is 0.273 e. The Bertz CT molecular complexity index is 709. The highest BCUT2D eigenvalue weighted by Gasteiger charge is 2.36. The molecule has 1 aliphatic carbocycles. The van der Waals surface area contributed by atoms with Gasteiger partial charge >= 0.3 is 6.03 Å². The van der Waals surface area contributed by atoms with E-state index in [4.69, 9.17) is 11.6 Å². The lowest BCUT2D eigenvalue weighted by Crippen LogP contribution is -2.46. The van der Waals surface area contributed by atoms with E-state index in [-0.39, 0.29) is 10.7 Å². The third-order valence-electron chi connectivity index (χ3n) is 3.06. The van der Waals surface area contributed by atoms with Gasteiger partial charge in [-0.25, -0.2) is 14.1 Å². The minimum absolute atomic E-state index is 0.156. The number of benzene rings is 1. The summed E-state index contributed by atoms with van der Waals surface area (Å²) in [4.78, 5) is 29.1. The summed E-state index contributed by atoms with van der Waals surface area (Å²) in [6.07, 6.45) is 6.70. The molecule has 0 fully saturated rings. The lowest BCUT2D eigenvalue weighted by molar-refractivity contribution is -0.118. The van der Waals surface area contributed by atoms with Gasteiger partial charge in [-0.2, -0.15) is 4.99 Å². The minimum atomic E-state index is -0.705. The summed E-state index contributed by atoms with van der Waals surface area (Å²) >= 11 is 5.68. The van der Waals surface area contributed by atoms with Gasteiger partial charge in [-0.15, -0.1) is 0 Å². The number of fused-ring (bicyclic) bond motifs is 1. The van der Waals surface area contributed by atoms with Gasteiger partial charge in [-0.1, -0.05) is 29.8 Å². The average molecular weight is 291 g/mol. The van der Waals surface area contributed by atoms with Crippen LogP contribution in [0.1, 0.15) is 0 Å². The molecule has 1 aliphatic heterocycles. The number of imide groups is 1. The van der Waals surface area contributed by atoms with E-state index >= 15 is 0 Å². The molecule has 3 rings (SSSR count). The van der Waals surface area contributed by atoms with Crippen molar-refractivity contribution in [3.63, 3.8) is 0 Å². The van der Waals surface area contributed by atoms with E-state index in [1.54, 1.807) is 24.3 Å². The number of hydrogen-bond acceptors (Lipinski definition) is 2. The molecular weight excluding hydrogens is 283 g/mol. The molecular formula is C14H8ClFN2O2. The standard InChI is InChI=1S/C14H8ClFN2O2/c15-10-7-8(5-6-11(10)16)18-13(19)9-3-1-2-4-12(9)17-14(18)20/h1-7,9H. The monoisotopic (exact) mass is 290 g/mol. The first kappa shape index (κ1) is 12.7. The topological polar surface area (TPSA) is 49.7 Å². The molecule has 4 nitrogen and oxygen atoms in total. The summed E-state index contributed by atoms with van der Waals surface area (Å²) in [5.41, 5.74) is 0.615. The number of carbonyl (C=O) groups excluding carboxylic acids is 2. The summed E-state index contributed by atoms with van der Waals surface area (Å²) in [5.74, 6) is -1.64. The Hall–Kier alpha value is -2.27. The van der Waals surface area contributed by atoms with Crippen molar-refractivity contribution in [2.24, 2.45) is 10.9 Å². The second kappa shape index (κ2) is 4.68. The van der Waals surface area contributed by atoms with Gasteiger partial charge in [0.1, 0.15) is 5.82 Å². The van der Waals surface area contributed by atoms with Crippen LogP contribution in [0.4, 0.5) is 14.9 Å². The fraction of sp³-hybridized carbons (Fsp3) is 0.0714. The molecule has 100 valence electrons. The molecule has 1 atom stereocenters. The molecule has 2 aliphatic rings. The number of aliphatic imine (C=N–C) groups is 1. The highest BCUT2D eigenvalue weighted by molar-refractivity contribution is 6.33. The van der Waals surface area contributed by atoms with Crippen molar-refractivity contribution in [2.75, 3.05) is 4.90 Å². The number of allylic oxidation sites excluding steroid dienone is 3. The van der Waals surface area contributed by atoms with Crippen molar-refractivity contribution >= 4 is 34.9 Å². The van der Waals surface area contributed by atoms with Crippen LogP contribution in [0, 0.1) is 11.7 Å². The number of rotatable bonds is 1. The van der Waals surface area contributed by atoms with Crippen molar-refractivity contribution in [1.82, 2.24) is 0 Å². The Labute approximate surface area is 118 Å². The molecule has 0 spiro atoms. The lowest BCUT2D eigenvalue weighted by Gasteiger charge is -2.28. The fourth-order valence-electron chi connectivity index (χ4n) is 2.10. The van der Waals surface area contributed by atoms with Crippen LogP contribution < -0.4 is 4.90 Å². The molecule has 3 amide bonds. The van der Waals surface area contributed by atoms with Gasteiger partial charge in [0.05, 0.1) is 22.3 Å². The first-order valence-electron chi connectivity index (χ1n) is 5.84. The Morgan fingerprint density at radius 3 is 2.80 bits per heavy atom. The van der Waals surface area contributed by atoms with Gasteiger partial charge in [0.15, 0.2) is 0 Å². The summed E-state index contributed by atoms with van der Waals surface area (Å²) in [5, 5.41) is -0.156. The predicted molar refractivity (Wildman–Crippen MR) is 73.5 cm³/mol. The summed E-state index contributed by atoms with van der Waals surface area (Å²) < 4.78 is 13.2. The maximum absolute atomic E-state index is 13.2. The molecule has 0 N–H and O–H groups in total. The molecule has 0 aromatic heterocycles. The van der Waals surface area contributed by atoms with E-state index in [1.807, 2.05) is 0 Å². The van der Waals surface area contributed by atoms with E-state index in [2.05, 4.69) is 4.99 Å². The highest BCUT2D eigenvalue weighted by atomic mass is 35.5. The number of anilines is 1. The Morgan fingerprint density at radius 1 is 1.25 bits per heavy atom.